The van der Waals surface area contributed by atoms with E-state index in [0.717, 1.165) is 43.5 Å². The van der Waals surface area contributed by atoms with Crippen molar-refractivity contribution in [2.75, 3.05) is 13.1 Å². The quantitative estimate of drug-likeness (QED) is 0.905. The number of nitrogens with zero attached hydrogens (tertiary/aromatic N) is 1. The molecule has 0 aromatic heterocycles. The van der Waals surface area contributed by atoms with Crippen LogP contribution in [0.2, 0.25) is 0 Å². The van der Waals surface area contributed by atoms with Crippen molar-refractivity contribution in [2.24, 2.45) is 0 Å². The SMILES string of the molecule is Cc1ccc(S(=O)(=O)N2C3CCNCC2CC3)cc1C. The van der Waals surface area contributed by atoms with Crippen molar-refractivity contribution in [3.05, 3.63) is 29.3 Å². The molecule has 0 spiro atoms. The van der Waals surface area contributed by atoms with Gasteiger partial charge in [0.25, 0.3) is 0 Å². The van der Waals surface area contributed by atoms with Crippen LogP contribution < -0.4 is 5.32 Å². The lowest BCUT2D eigenvalue weighted by Crippen LogP contribution is -2.42. The third kappa shape index (κ3) is 2.28. The third-order valence-corrected chi connectivity index (χ3v) is 6.64. The van der Waals surface area contributed by atoms with E-state index in [1.54, 1.807) is 10.4 Å². The molecule has 2 aliphatic heterocycles. The highest BCUT2D eigenvalue weighted by Gasteiger charge is 2.42. The van der Waals surface area contributed by atoms with Crippen LogP contribution in [0, 0.1) is 13.8 Å². The van der Waals surface area contributed by atoms with E-state index in [1.165, 1.54) is 0 Å². The number of fused-ring (bicyclic) bond motifs is 2. The first-order chi connectivity index (χ1) is 9.50. The number of hydrogen-bond donors (Lipinski definition) is 1. The normalized spacial score (nSPS) is 27.5. The number of benzene rings is 1. The smallest absolute Gasteiger partial charge is 0.243 e. The monoisotopic (exact) mass is 294 g/mol. The number of aryl methyl sites for hydroxylation is 2. The van der Waals surface area contributed by atoms with Gasteiger partial charge in [0.1, 0.15) is 0 Å². The maximum atomic E-state index is 13.0. The zero-order chi connectivity index (χ0) is 14.3. The zero-order valence-electron chi connectivity index (χ0n) is 12.1. The fourth-order valence-corrected chi connectivity index (χ4v) is 5.31. The Bertz CT molecular complexity index is 598. The highest BCUT2D eigenvalue weighted by Crippen LogP contribution is 2.34. The van der Waals surface area contributed by atoms with Gasteiger partial charge in [-0.05, 0) is 62.9 Å². The van der Waals surface area contributed by atoms with Gasteiger partial charge in [-0.1, -0.05) is 6.07 Å². The van der Waals surface area contributed by atoms with E-state index in [2.05, 4.69) is 5.32 Å². The predicted molar refractivity (Wildman–Crippen MR) is 79.2 cm³/mol. The molecule has 0 radical (unpaired) electrons. The Balaban J connectivity index is 2.00. The first kappa shape index (κ1) is 14.0. The Morgan fingerprint density at radius 2 is 1.85 bits per heavy atom. The van der Waals surface area contributed by atoms with E-state index < -0.39 is 10.0 Å². The Kier molecular flexibility index (Phi) is 3.60. The molecule has 5 heteroatoms. The second-order valence-electron chi connectivity index (χ2n) is 5.96. The molecule has 2 unspecified atom stereocenters. The van der Waals surface area contributed by atoms with Gasteiger partial charge >= 0.3 is 0 Å². The van der Waals surface area contributed by atoms with Crippen molar-refractivity contribution in [1.29, 1.82) is 0 Å². The summed E-state index contributed by atoms with van der Waals surface area (Å²) in [4.78, 5) is 0.444. The molecule has 3 rings (SSSR count). The molecule has 1 aromatic rings. The van der Waals surface area contributed by atoms with Crippen LogP contribution in [0.4, 0.5) is 0 Å². The molecular formula is C15H22N2O2S. The maximum absolute atomic E-state index is 13.0. The molecule has 20 heavy (non-hydrogen) atoms. The highest BCUT2D eigenvalue weighted by atomic mass is 32.2. The van der Waals surface area contributed by atoms with Crippen LogP contribution in [0.5, 0.6) is 0 Å². The minimum Gasteiger partial charge on any atom is -0.315 e. The lowest BCUT2D eigenvalue weighted by atomic mass is 10.1. The van der Waals surface area contributed by atoms with Crippen molar-refractivity contribution < 1.29 is 8.42 Å². The van der Waals surface area contributed by atoms with Gasteiger partial charge in [0, 0.05) is 18.6 Å². The molecule has 0 amide bonds. The van der Waals surface area contributed by atoms with Gasteiger partial charge in [0.2, 0.25) is 10.0 Å². The van der Waals surface area contributed by atoms with Crippen LogP contribution in [0.3, 0.4) is 0 Å². The van der Waals surface area contributed by atoms with Crippen LogP contribution >= 0.6 is 0 Å². The summed E-state index contributed by atoms with van der Waals surface area (Å²) in [6.45, 7) is 5.67. The van der Waals surface area contributed by atoms with Crippen molar-refractivity contribution in [2.45, 2.75) is 50.1 Å². The Hall–Kier alpha value is -0.910. The van der Waals surface area contributed by atoms with Crippen molar-refractivity contribution in [3.8, 4) is 0 Å². The van der Waals surface area contributed by atoms with Gasteiger partial charge in [0.05, 0.1) is 4.90 Å². The molecule has 4 nitrogen and oxygen atoms in total. The molecule has 2 fully saturated rings. The molecule has 2 saturated heterocycles. The minimum atomic E-state index is -3.37. The van der Waals surface area contributed by atoms with E-state index in [-0.39, 0.29) is 12.1 Å². The number of sulfonamides is 1. The molecule has 0 saturated carbocycles. The van der Waals surface area contributed by atoms with Crippen molar-refractivity contribution >= 4 is 10.0 Å². The molecule has 110 valence electrons. The average molecular weight is 294 g/mol. The third-order valence-electron chi connectivity index (χ3n) is 4.64. The first-order valence-electron chi connectivity index (χ1n) is 7.31. The molecule has 1 aromatic carbocycles. The Morgan fingerprint density at radius 3 is 2.60 bits per heavy atom. The van der Waals surface area contributed by atoms with Crippen LogP contribution in [0.15, 0.2) is 23.1 Å². The first-order valence-corrected chi connectivity index (χ1v) is 8.75. The predicted octanol–water partition coefficient (Wildman–Crippen LogP) is 1.82. The second-order valence-corrected chi connectivity index (χ2v) is 7.80. The molecule has 2 heterocycles. The van der Waals surface area contributed by atoms with Gasteiger partial charge in [-0.25, -0.2) is 8.42 Å². The summed E-state index contributed by atoms with van der Waals surface area (Å²) in [5.41, 5.74) is 2.16. The summed E-state index contributed by atoms with van der Waals surface area (Å²) in [6.07, 6.45) is 2.89. The maximum Gasteiger partial charge on any atom is 0.243 e. The number of hydrogen-bond acceptors (Lipinski definition) is 3. The van der Waals surface area contributed by atoms with E-state index in [0.29, 0.717) is 4.90 Å². The van der Waals surface area contributed by atoms with Crippen molar-refractivity contribution in [1.82, 2.24) is 9.62 Å². The topological polar surface area (TPSA) is 49.4 Å². The van der Waals surface area contributed by atoms with E-state index >= 15 is 0 Å². The average Bonchev–Trinajstić information content (AvgIpc) is 2.66. The summed E-state index contributed by atoms with van der Waals surface area (Å²) in [6, 6.07) is 5.74. The summed E-state index contributed by atoms with van der Waals surface area (Å²) < 4.78 is 27.7. The lowest BCUT2D eigenvalue weighted by molar-refractivity contribution is 0.334. The fourth-order valence-electron chi connectivity index (χ4n) is 3.33. The molecule has 2 aliphatic rings. The van der Waals surface area contributed by atoms with Gasteiger partial charge in [-0.3, -0.25) is 0 Å². The Morgan fingerprint density at radius 1 is 1.10 bits per heavy atom. The van der Waals surface area contributed by atoms with Crippen LogP contribution in [-0.2, 0) is 10.0 Å². The summed E-state index contributed by atoms with van der Waals surface area (Å²) >= 11 is 0. The largest absolute Gasteiger partial charge is 0.315 e. The lowest BCUT2D eigenvalue weighted by Gasteiger charge is -2.27. The van der Waals surface area contributed by atoms with E-state index in [4.69, 9.17) is 0 Å². The van der Waals surface area contributed by atoms with Crippen molar-refractivity contribution in [3.63, 3.8) is 0 Å². The molecule has 2 bridgehead atoms. The van der Waals surface area contributed by atoms with E-state index in [9.17, 15) is 8.42 Å². The standard InChI is InChI=1S/C15H22N2O2S/c1-11-3-6-15(9-12(11)2)20(18,19)17-13-4-5-14(17)10-16-8-7-13/h3,6,9,13-14,16H,4-5,7-8,10H2,1-2H3. The van der Waals surface area contributed by atoms with E-state index in [1.807, 2.05) is 26.0 Å². The number of rotatable bonds is 2. The van der Waals surface area contributed by atoms with Gasteiger partial charge in [-0.2, -0.15) is 4.31 Å². The zero-order valence-corrected chi connectivity index (χ0v) is 12.9. The molecule has 0 aliphatic carbocycles. The highest BCUT2D eigenvalue weighted by molar-refractivity contribution is 7.89. The fraction of sp³-hybridized carbons (Fsp3) is 0.600. The Labute approximate surface area is 121 Å². The summed E-state index contributed by atoms with van der Waals surface area (Å²) in [5, 5.41) is 3.35. The van der Waals surface area contributed by atoms with Crippen LogP contribution in [0.25, 0.3) is 0 Å². The van der Waals surface area contributed by atoms with Gasteiger partial charge in [0.15, 0.2) is 0 Å². The number of nitrogens with one attached hydrogen (secondary N) is 1. The van der Waals surface area contributed by atoms with Crippen LogP contribution in [-0.4, -0.2) is 37.9 Å². The second kappa shape index (κ2) is 5.13. The molecule has 1 N–H and O–H groups in total. The minimum absolute atomic E-state index is 0.120. The van der Waals surface area contributed by atoms with Gasteiger partial charge in [-0.15, -0.1) is 0 Å². The molecule has 2 atom stereocenters. The molecular weight excluding hydrogens is 272 g/mol. The summed E-state index contributed by atoms with van der Waals surface area (Å²) in [7, 11) is -3.37. The van der Waals surface area contributed by atoms with Crippen LogP contribution in [0.1, 0.15) is 30.4 Å². The van der Waals surface area contributed by atoms with Gasteiger partial charge < -0.3 is 5.32 Å². The summed E-state index contributed by atoms with van der Waals surface area (Å²) in [5.74, 6) is 0.